The standard InChI is InChI=1S/C16H20N2O/c1-13(2)18-11-15-7-3-4-8-16(15)19-12-14-6-5-9-17-10-14/h3-10,13,18H,11-12H2,1-2H3. The van der Waals surface area contributed by atoms with Crippen molar-refractivity contribution in [3.8, 4) is 5.75 Å². The molecule has 3 nitrogen and oxygen atoms in total. The van der Waals surface area contributed by atoms with Crippen LogP contribution in [0.3, 0.4) is 0 Å². The number of pyridine rings is 1. The molecule has 0 bridgehead atoms. The third kappa shape index (κ3) is 4.38. The van der Waals surface area contributed by atoms with Gasteiger partial charge in [-0.25, -0.2) is 0 Å². The van der Waals surface area contributed by atoms with Gasteiger partial charge in [0.05, 0.1) is 0 Å². The van der Waals surface area contributed by atoms with Crippen LogP contribution in [-0.4, -0.2) is 11.0 Å². The smallest absolute Gasteiger partial charge is 0.124 e. The van der Waals surface area contributed by atoms with Gasteiger partial charge in [0.25, 0.3) is 0 Å². The third-order valence-electron chi connectivity index (χ3n) is 2.79. The van der Waals surface area contributed by atoms with Gasteiger partial charge in [0.15, 0.2) is 0 Å². The minimum absolute atomic E-state index is 0.464. The van der Waals surface area contributed by atoms with Crippen LogP contribution < -0.4 is 10.1 Å². The highest BCUT2D eigenvalue weighted by Gasteiger charge is 2.04. The molecule has 0 spiro atoms. The Balaban J connectivity index is 1.99. The second-order valence-electron chi connectivity index (χ2n) is 4.79. The van der Waals surface area contributed by atoms with E-state index in [9.17, 15) is 0 Å². The maximum absolute atomic E-state index is 5.88. The third-order valence-corrected chi connectivity index (χ3v) is 2.79. The molecule has 100 valence electrons. The van der Waals surface area contributed by atoms with E-state index >= 15 is 0 Å². The predicted octanol–water partition coefficient (Wildman–Crippen LogP) is 3.16. The van der Waals surface area contributed by atoms with E-state index < -0.39 is 0 Å². The first-order valence-corrected chi connectivity index (χ1v) is 6.58. The molecular weight excluding hydrogens is 236 g/mol. The van der Waals surface area contributed by atoms with Crippen LogP contribution in [0.1, 0.15) is 25.0 Å². The Bertz CT molecular complexity index is 497. The summed E-state index contributed by atoms with van der Waals surface area (Å²) in [7, 11) is 0. The molecule has 0 fully saturated rings. The number of nitrogens with zero attached hydrogens (tertiary/aromatic N) is 1. The van der Waals surface area contributed by atoms with Gasteiger partial charge in [0.1, 0.15) is 12.4 Å². The van der Waals surface area contributed by atoms with Crippen molar-refractivity contribution in [1.82, 2.24) is 10.3 Å². The Hall–Kier alpha value is -1.87. The van der Waals surface area contributed by atoms with E-state index in [2.05, 4.69) is 30.2 Å². The van der Waals surface area contributed by atoms with E-state index in [-0.39, 0.29) is 0 Å². The molecule has 0 atom stereocenters. The summed E-state index contributed by atoms with van der Waals surface area (Å²) >= 11 is 0. The van der Waals surface area contributed by atoms with Crippen LogP contribution in [0.5, 0.6) is 5.75 Å². The molecule has 0 unspecified atom stereocenters. The van der Waals surface area contributed by atoms with Crippen molar-refractivity contribution in [2.75, 3.05) is 0 Å². The van der Waals surface area contributed by atoms with Crippen molar-refractivity contribution in [2.45, 2.75) is 33.0 Å². The van der Waals surface area contributed by atoms with Crippen molar-refractivity contribution in [3.63, 3.8) is 0 Å². The molecule has 2 aromatic rings. The van der Waals surface area contributed by atoms with E-state index in [0.29, 0.717) is 12.6 Å². The minimum Gasteiger partial charge on any atom is -0.489 e. The van der Waals surface area contributed by atoms with Gasteiger partial charge in [-0.15, -0.1) is 0 Å². The van der Waals surface area contributed by atoms with Crippen molar-refractivity contribution < 1.29 is 4.74 Å². The van der Waals surface area contributed by atoms with Crippen LogP contribution >= 0.6 is 0 Å². The highest BCUT2D eigenvalue weighted by Crippen LogP contribution is 2.19. The first kappa shape index (κ1) is 13.6. The lowest BCUT2D eigenvalue weighted by Gasteiger charge is -2.13. The molecule has 0 saturated carbocycles. The Labute approximate surface area is 114 Å². The van der Waals surface area contributed by atoms with Crippen LogP contribution in [0.15, 0.2) is 48.8 Å². The summed E-state index contributed by atoms with van der Waals surface area (Å²) in [6.45, 7) is 5.64. The number of benzene rings is 1. The zero-order chi connectivity index (χ0) is 13.5. The SMILES string of the molecule is CC(C)NCc1ccccc1OCc1cccnc1. The molecule has 19 heavy (non-hydrogen) atoms. The summed E-state index contributed by atoms with van der Waals surface area (Å²) in [4.78, 5) is 4.09. The van der Waals surface area contributed by atoms with Crippen molar-refractivity contribution in [1.29, 1.82) is 0 Å². The predicted molar refractivity (Wildman–Crippen MR) is 77.0 cm³/mol. The van der Waals surface area contributed by atoms with Crippen LogP contribution in [0, 0.1) is 0 Å². The molecular formula is C16H20N2O. The number of hydrogen-bond acceptors (Lipinski definition) is 3. The molecule has 0 saturated heterocycles. The van der Waals surface area contributed by atoms with E-state index in [1.165, 1.54) is 5.56 Å². The minimum atomic E-state index is 0.464. The summed E-state index contributed by atoms with van der Waals surface area (Å²) in [6.07, 6.45) is 3.60. The van der Waals surface area contributed by atoms with Gasteiger partial charge in [-0.3, -0.25) is 4.98 Å². The monoisotopic (exact) mass is 256 g/mol. The molecule has 0 radical (unpaired) electrons. The molecule has 1 aromatic heterocycles. The number of para-hydroxylation sites is 1. The number of nitrogens with one attached hydrogen (secondary N) is 1. The molecule has 0 amide bonds. The molecule has 1 heterocycles. The summed E-state index contributed by atoms with van der Waals surface area (Å²) < 4.78 is 5.88. The lowest BCUT2D eigenvalue weighted by Crippen LogP contribution is -2.22. The number of ether oxygens (including phenoxy) is 1. The Kier molecular flexibility index (Phi) is 4.93. The van der Waals surface area contributed by atoms with Gasteiger partial charge in [-0.2, -0.15) is 0 Å². The number of rotatable bonds is 6. The van der Waals surface area contributed by atoms with E-state index in [1.54, 1.807) is 6.20 Å². The molecule has 0 aliphatic heterocycles. The number of aromatic nitrogens is 1. The zero-order valence-electron chi connectivity index (χ0n) is 11.5. The maximum Gasteiger partial charge on any atom is 0.124 e. The fourth-order valence-electron chi connectivity index (χ4n) is 1.75. The lowest BCUT2D eigenvalue weighted by atomic mass is 10.2. The van der Waals surface area contributed by atoms with Gasteiger partial charge < -0.3 is 10.1 Å². The molecule has 1 aromatic carbocycles. The highest BCUT2D eigenvalue weighted by atomic mass is 16.5. The Morgan fingerprint density at radius 2 is 2.00 bits per heavy atom. The quantitative estimate of drug-likeness (QED) is 0.862. The fourth-order valence-corrected chi connectivity index (χ4v) is 1.75. The summed E-state index contributed by atoms with van der Waals surface area (Å²) in [5.74, 6) is 0.930. The summed E-state index contributed by atoms with van der Waals surface area (Å²) in [5, 5.41) is 3.41. The second-order valence-corrected chi connectivity index (χ2v) is 4.79. The van der Waals surface area contributed by atoms with Gasteiger partial charge in [0, 0.05) is 36.1 Å². The normalized spacial score (nSPS) is 10.7. The summed E-state index contributed by atoms with van der Waals surface area (Å²) in [5.41, 5.74) is 2.26. The first-order chi connectivity index (χ1) is 9.25. The topological polar surface area (TPSA) is 34.1 Å². The highest BCUT2D eigenvalue weighted by molar-refractivity contribution is 5.33. The van der Waals surface area contributed by atoms with Crippen molar-refractivity contribution in [2.24, 2.45) is 0 Å². The van der Waals surface area contributed by atoms with E-state index in [1.807, 2.05) is 36.5 Å². The largest absolute Gasteiger partial charge is 0.489 e. The molecule has 0 aliphatic rings. The number of hydrogen-bond donors (Lipinski definition) is 1. The maximum atomic E-state index is 5.88. The first-order valence-electron chi connectivity index (χ1n) is 6.58. The van der Waals surface area contributed by atoms with Gasteiger partial charge in [0.2, 0.25) is 0 Å². The van der Waals surface area contributed by atoms with Crippen LogP contribution in [0.2, 0.25) is 0 Å². The van der Waals surface area contributed by atoms with E-state index in [4.69, 9.17) is 4.74 Å². The summed E-state index contributed by atoms with van der Waals surface area (Å²) in [6, 6.07) is 12.5. The van der Waals surface area contributed by atoms with Gasteiger partial charge in [-0.05, 0) is 12.1 Å². The molecule has 3 heteroatoms. The van der Waals surface area contributed by atoms with Crippen LogP contribution in [-0.2, 0) is 13.2 Å². The van der Waals surface area contributed by atoms with Crippen LogP contribution in [0.4, 0.5) is 0 Å². The van der Waals surface area contributed by atoms with Gasteiger partial charge >= 0.3 is 0 Å². The average Bonchev–Trinajstić information content (AvgIpc) is 2.45. The lowest BCUT2D eigenvalue weighted by molar-refractivity contribution is 0.301. The van der Waals surface area contributed by atoms with Gasteiger partial charge in [-0.1, -0.05) is 38.1 Å². The zero-order valence-corrected chi connectivity index (χ0v) is 11.5. The average molecular weight is 256 g/mol. The van der Waals surface area contributed by atoms with Crippen LogP contribution in [0.25, 0.3) is 0 Å². The molecule has 0 aliphatic carbocycles. The molecule has 1 N–H and O–H groups in total. The second kappa shape index (κ2) is 6.90. The van der Waals surface area contributed by atoms with Crippen molar-refractivity contribution in [3.05, 3.63) is 59.9 Å². The Morgan fingerprint density at radius 1 is 1.16 bits per heavy atom. The van der Waals surface area contributed by atoms with Crippen molar-refractivity contribution >= 4 is 0 Å². The van der Waals surface area contributed by atoms with E-state index in [0.717, 1.165) is 17.9 Å². The Morgan fingerprint density at radius 3 is 2.74 bits per heavy atom. The molecule has 2 rings (SSSR count). The fraction of sp³-hybridized carbons (Fsp3) is 0.312.